The van der Waals surface area contributed by atoms with Crippen LogP contribution in [0.1, 0.15) is 41.6 Å². The Hall–Kier alpha value is -2.18. The molecule has 1 saturated carbocycles. The van der Waals surface area contributed by atoms with Gasteiger partial charge in [-0.25, -0.2) is 8.78 Å². The molecule has 0 unspecified atom stereocenters. The molecule has 0 spiro atoms. The summed E-state index contributed by atoms with van der Waals surface area (Å²) in [7, 11) is 0. The Morgan fingerprint density at radius 3 is 2.52 bits per heavy atom. The van der Waals surface area contributed by atoms with Gasteiger partial charge in [0.25, 0.3) is 5.91 Å². The second kappa shape index (κ2) is 5.67. The maximum Gasteiger partial charge on any atom is 0.255 e. The van der Waals surface area contributed by atoms with Gasteiger partial charge >= 0.3 is 0 Å². The lowest BCUT2D eigenvalue weighted by atomic mass is 9.95. The molecule has 7 heteroatoms. The van der Waals surface area contributed by atoms with Gasteiger partial charge in [-0.3, -0.25) is 4.79 Å². The van der Waals surface area contributed by atoms with Crippen molar-refractivity contribution in [1.29, 1.82) is 0 Å². The lowest BCUT2D eigenvalue weighted by Crippen LogP contribution is -2.55. The van der Waals surface area contributed by atoms with Crippen molar-refractivity contribution in [2.45, 2.75) is 38.1 Å². The zero-order valence-electron chi connectivity index (χ0n) is 11.6. The van der Waals surface area contributed by atoms with Crippen molar-refractivity contribution in [3.05, 3.63) is 34.9 Å². The van der Waals surface area contributed by atoms with Crippen LogP contribution in [0.3, 0.4) is 0 Å². The Balaban J connectivity index is 2.30. The first-order valence-electron chi connectivity index (χ1n) is 6.66. The molecule has 114 valence electrons. The van der Waals surface area contributed by atoms with Gasteiger partial charge in [0, 0.05) is 6.07 Å². The molecule has 1 amide bonds. The molecular weight excluding hydrogens is 280 g/mol. The topological polar surface area (TPSA) is 87.7 Å². The highest BCUT2D eigenvalue weighted by Gasteiger charge is 2.40. The summed E-state index contributed by atoms with van der Waals surface area (Å²) < 4.78 is 27.0. The van der Waals surface area contributed by atoms with E-state index in [1.807, 2.05) is 0 Å². The number of oxime groups is 1. The largest absolute Gasteiger partial charge is 0.409 e. The number of nitrogens with two attached hydrogens (primary N) is 1. The van der Waals surface area contributed by atoms with Gasteiger partial charge in [-0.1, -0.05) is 18.0 Å². The van der Waals surface area contributed by atoms with E-state index in [2.05, 4.69) is 10.5 Å². The lowest BCUT2D eigenvalue weighted by molar-refractivity contribution is 0.0918. The summed E-state index contributed by atoms with van der Waals surface area (Å²) in [6.07, 6.45) is 2.63. The van der Waals surface area contributed by atoms with Crippen LogP contribution < -0.4 is 11.1 Å². The van der Waals surface area contributed by atoms with Gasteiger partial charge in [0.15, 0.2) is 5.84 Å². The molecule has 2 rings (SSSR count). The molecule has 1 aliphatic rings. The third-order valence-corrected chi connectivity index (χ3v) is 3.90. The van der Waals surface area contributed by atoms with E-state index in [1.54, 1.807) is 0 Å². The molecule has 1 fully saturated rings. The average molecular weight is 297 g/mol. The molecule has 0 atom stereocenters. The normalized spacial score (nSPS) is 17.8. The summed E-state index contributed by atoms with van der Waals surface area (Å²) in [6, 6.07) is 1.82. The number of benzene rings is 1. The van der Waals surface area contributed by atoms with E-state index in [-0.39, 0.29) is 17.0 Å². The molecule has 0 heterocycles. The highest BCUT2D eigenvalue weighted by molar-refractivity contribution is 6.00. The third-order valence-electron chi connectivity index (χ3n) is 3.90. The first-order valence-corrected chi connectivity index (χ1v) is 6.66. The molecule has 1 aliphatic carbocycles. The Morgan fingerprint density at radius 2 is 1.95 bits per heavy atom. The predicted molar refractivity (Wildman–Crippen MR) is 73.2 cm³/mol. The zero-order valence-corrected chi connectivity index (χ0v) is 11.6. The van der Waals surface area contributed by atoms with Crippen LogP contribution in [-0.4, -0.2) is 22.5 Å². The van der Waals surface area contributed by atoms with Crippen LogP contribution in [0.25, 0.3) is 0 Å². The molecule has 1 aromatic carbocycles. The second-order valence-electron chi connectivity index (χ2n) is 5.31. The Labute approximate surface area is 120 Å². The predicted octanol–water partition coefficient (Wildman–Crippen LogP) is 2.06. The maximum atomic E-state index is 13.8. The molecule has 1 aromatic rings. The smallest absolute Gasteiger partial charge is 0.255 e. The molecule has 0 bridgehead atoms. The minimum absolute atomic E-state index is 0.104. The van der Waals surface area contributed by atoms with Gasteiger partial charge < -0.3 is 16.3 Å². The van der Waals surface area contributed by atoms with Crippen LogP contribution >= 0.6 is 0 Å². The first-order chi connectivity index (χ1) is 9.89. The molecule has 0 radical (unpaired) electrons. The lowest BCUT2D eigenvalue weighted by Gasteiger charge is -2.28. The number of carbonyl (C=O) groups is 1. The molecule has 0 aliphatic heterocycles. The standard InChI is InChI=1S/C14H17F2N3O2/c1-8-6-9(11(16)7-10(8)15)12(20)18-14(13(17)19-21)4-2-3-5-14/h6-7,21H,2-5H2,1H3,(H2,17,19)(H,18,20). The minimum Gasteiger partial charge on any atom is -0.409 e. The number of amidine groups is 1. The highest BCUT2D eigenvalue weighted by Crippen LogP contribution is 2.30. The molecule has 5 nitrogen and oxygen atoms in total. The van der Waals surface area contributed by atoms with E-state index >= 15 is 0 Å². The van der Waals surface area contributed by atoms with E-state index in [0.717, 1.165) is 18.9 Å². The summed E-state index contributed by atoms with van der Waals surface area (Å²) >= 11 is 0. The summed E-state index contributed by atoms with van der Waals surface area (Å²) in [5, 5.41) is 14.5. The van der Waals surface area contributed by atoms with Crippen molar-refractivity contribution in [3.63, 3.8) is 0 Å². The fourth-order valence-corrected chi connectivity index (χ4v) is 2.64. The third kappa shape index (κ3) is 2.81. The van der Waals surface area contributed by atoms with Crippen LogP contribution in [0, 0.1) is 18.6 Å². The van der Waals surface area contributed by atoms with E-state index in [1.165, 1.54) is 6.92 Å². The quantitative estimate of drug-likeness (QED) is 0.345. The number of hydrogen-bond acceptors (Lipinski definition) is 3. The molecule has 4 N–H and O–H groups in total. The molecule has 0 aromatic heterocycles. The van der Waals surface area contributed by atoms with Gasteiger partial charge in [-0.05, 0) is 31.4 Å². The van der Waals surface area contributed by atoms with Crippen LogP contribution in [0.15, 0.2) is 17.3 Å². The maximum absolute atomic E-state index is 13.8. The van der Waals surface area contributed by atoms with E-state index in [0.29, 0.717) is 18.9 Å². The van der Waals surface area contributed by atoms with Crippen molar-refractivity contribution < 1.29 is 18.8 Å². The van der Waals surface area contributed by atoms with Crippen LogP contribution in [-0.2, 0) is 0 Å². The van der Waals surface area contributed by atoms with Crippen molar-refractivity contribution in [3.8, 4) is 0 Å². The van der Waals surface area contributed by atoms with Crippen molar-refractivity contribution in [1.82, 2.24) is 5.32 Å². The van der Waals surface area contributed by atoms with Crippen molar-refractivity contribution >= 4 is 11.7 Å². The SMILES string of the molecule is Cc1cc(C(=O)NC2(/C(N)=N/O)CCCC2)c(F)cc1F. The number of hydrogen-bond donors (Lipinski definition) is 3. The number of rotatable bonds is 3. The molecular formula is C14H17F2N3O2. The number of halogens is 2. The number of aryl methyl sites for hydroxylation is 1. The van der Waals surface area contributed by atoms with Gasteiger partial charge in [0.05, 0.1) is 5.56 Å². The summed E-state index contributed by atoms with van der Waals surface area (Å²) in [4.78, 5) is 12.2. The van der Waals surface area contributed by atoms with Gasteiger partial charge in [-0.15, -0.1) is 0 Å². The van der Waals surface area contributed by atoms with Crippen LogP contribution in [0.5, 0.6) is 0 Å². The Kier molecular flexibility index (Phi) is 4.11. The van der Waals surface area contributed by atoms with Crippen molar-refractivity contribution in [2.75, 3.05) is 0 Å². The number of carbonyl (C=O) groups excluding carboxylic acids is 1. The fourth-order valence-electron chi connectivity index (χ4n) is 2.64. The number of amides is 1. The number of nitrogens with zero attached hydrogens (tertiary/aromatic N) is 1. The van der Waals surface area contributed by atoms with Gasteiger partial charge in [-0.2, -0.15) is 0 Å². The first kappa shape index (κ1) is 15.2. The average Bonchev–Trinajstić information content (AvgIpc) is 2.91. The van der Waals surface area contributed by atoms with Gasteiger partial charge in [0.2, 0.25) is 0 Å². The van der Waals surface area contributed by atoms with E-state index < -0.39 is 23.1 Å². The van der Waals surface area contributed by atoms with Crippen LogP contribution in [0.2, 0.25) is 0 Å². The highest BCUT2D eigenvalue weighted by atomic mass is 19.1. The van der Waals surface area contributed by atoms with Crippen LogP contribution in [0.4, 0.5) is 8.78 Å². The minimum atomic E-state index is -0.972. The summed E-state index contributed by atoms with van der Waals surface area (Å²) in [5.41, 5.74) is 4.61. The number of nitrogens with one attached hydrogen (secondary N) is 1. The van der Waals surface area contributed by atoms with E-state index in [4.69, 9.17) is 10.9 Å². The van der Waals surface area contributed by atoms with E-state index in [9.17, 15) is 13.6 Å². The monoisotopic (exact) mass is 297 g/mol. The van der Waals surface area contributed by atoms with Gasteiger partial charge in [0.1, 0.15) is 17.2 Å². The summed E-state index contributed by atoms with van der Waals surface area (Å²) in [6.45, 7) is 1.44. The summed E-state index contributed by atoms with van der Waals surface area (Å²) in [5.74, 6) is -2.46. The zero-order chi connectivity index (χ0) is 15.6. The van der Waals surface area contributed by atoms with Crippen molar-refractivity contribution in [2.24, 2.45) is 10.9 Å². The molecule has 21 heavy (non-hydrogen) atoms. The molecule has 0 saturated heterocycles. The Morgan fingerprint density at radius 1 is 1.33 bits per heavy atom. The Bertz CT molecular complexity index is 596. The fraction of sp³-hybridized carbons (Fsp3) is 0.429. The second-order valence-corrected chi connectivity index (χ2v) is 5.31.